The van der Waals surface area contributed by atoms with Crippen LogP contribution in [-0.4, -0.2) is 27.2 Å². The first-order valence-electron chi connectivity index (χ1n) is 9.43. The zero-order valence-corrected chi connectivity index (χ0v) is 15.3. The fourth-order valence-corrected chi connectivity index (χ4v) is 3.59. The molecule has 1 fully saturated rings. The molecule has 144 valence electrons. The summed E-state index contributed by atoms with van der Waals surface area (Å²) < 4.78 is 15.4. The largest absolute Gasteiger partial charge is 0.348 e. The van der Waals surface area contributed by atoms with Gasteiger partial charge in [0.25, 0.3) is 11.8 Å². The molecule has 0 radical (unpaired) electrons. The summed E-state index contributed by atoms with van der Waals surface area (Å²) in [6, 6.07) is 11.7. The second kappa shape index (κ2) is 7.80. The van der Waals surface area contributed by atoms with Crippen molar-refractivity contribution in [3.05, 3.63) is 71.6 Å². The van der Waals surface area contributed by atoms with Crippen LogP contribution in [-0.2, 0) is 6.54 Å². The van der Waals surface area contributed by atoms with Crippen molar-refractivity contribution in [2.75, 3.05) is 0 Å². The molecule has 0 saturated heterocycles. The number of hydrogen-bond donors (Lipinski definition) is 2. The van der Waals surface area contributed by atoms with Crippen LogP contribution < -0.4 is 10.6 Å². The zero-order valence-electron chi connectivity index (χ0n) is 15.3. The van der Waals surface area contributed by atoms with Gasteiger partial charge in [-0.3, -0.25) is 14.0 Å². The minimum Gasteiger partial charge on any atom is -0.348 e. The number of nitrogens with one attached hydrogen (secondary N) is 2. The summed E-state index contributed by atoms with van der Waals surface area (Å²) in [5, 5.41) is 5.69. The predicted octanol–water partition coefficient (Wildman–Crippen LogP) is 3.08. The highest BCUT2D eigenvalue weighted by molar-refractivity contribution is 6.02. The first kappa shape index (κ1) is 18.2. The molecule has 1 aliphatic rings. The highest BCUT2D eigenvalue weighted by atomic mass is 19.1. The molecule has 3 aromatic rings. The van der Waals surface area contributed by atoms with Crippen molar-refractivity contribution in [2.24, 2.45) is 0 Å². The molecule has 4 rings (SSSR count). The van der Waals surface area contributed by atoms with Gasteiger partial charge in [0.1, 0.15) is 5.82 Å². The van der Waals surface area contributed by atoms with Gasteiger partial charge in [0.2, 0.25) is 5.82 Å². The van der Waals surface area contributed by atoms with Crippen LogP contribution in [0.25, 0.3) is 5.52 Å². The van der Waals surface area contributed by atoms with E-state index in [0.29, 0.717) is 11.1 Å². The number of nitrogens with zero attached hydrogens (tertiary/aromatic N) is 2. The summed E-state index contributed by atoms with van der Waals surface area (Å²) in [6.45, 7) is 0.0385. The Bertz CT molecular complexity index is 1020. The van der Waals surface area contributed by atoms with Crippen molar-refractivity contribution < 1.29 is 14.0 Å². The number of aromatic nitrogens is 2. The summed E-state index contributed by atoms with van der Waals surface area (Å²) in [5.41, 5.74) is 1.17. The van der Waals surface area contributed by atoms with Gasteiger partial charge in [0, 0.05) is 24.3 Å². The topological polar surface area (TPSA) is 75.5 Å². The smallest absolute Gasteiger partial charge is 0.287 e. The number of pyridine rings is 1. The summed E-state index contributed by atoms with van der Waals surface area (Å²) >= 11 is 0. The number of amides is 2. The molecular formula is C21H21FN4O2. The minimum atomic E-state index is -0.468. The summed E-state index contributed by atoms with van der Waals surface area (Å²) in [5.74, 6) is -1.02. The molecule has 0 aliphatic heterocycles. The Hall–Kier alpha value is -3.22. The van der Waals surface area contributed by atoms with E-state index in [1.807, 2.05) is 0 Å². The average Bonchev–Trinajstić information content (AvgIpc) is 3.35. The standard InChI is InChI=1S/C21H21FN4O2/c22-16-10-4-1-7-14(16)13-23-21(28)19-25-18(17-11-5-6-12-26(17)19)20(27)24-15-8-2-3-9-15/h1,4-7,10-12,15H,2-3,8-9,13H2,(H,23,28)(H,24,27). The highest BCUT2D eigenvalue weighted by Crippen LogP contribution is 2.19. The third-order valence-electron chi connectivity index (χ3n) is 5.05. The number of halogens is 1. The van der Waals surface area contributed by atoms with E-state index in [0.717, 1.165) is 25.7 Å². The van der Waals surface area contributed by atoms with Crippen molar-refractivity contribution in [1.29, 1.82) is 0 Å². The molecule has 0 bridgehead atoms. The van der Waals surface area contributed by atoms with E-state index in [1.54, 1.807) is 47.0 Å². The quantitative estimate of drug-likeness (QED) is 0.714. The van der Waals surface area contributed by atoms with Gasteiger partial charge in [-0.1, -0.05) is 37.1 Å². The molecule has 0 spiro atoms. The summed E-state index contributed by atoms with van der Waals surface area (Å²) in [7, 11) is 0. The molecular weight excluding hydrogens is 359 g/mol. The maximum absolute atomic E-state index is 13.8. The van der Waals surface area contributed by atoms with E-state index in [1.165, 1.54) is 6.07 Å². The number of benzene rings is 1. The fourth-order valence-electron chi connectivity index (χ4n) is 3.59. The Kier molecular flexibility index (Phi) is 5.06. The van der Waals surface area contributed by atoms with Gasteiger partial charge in [-0.2, -0.15) is 0 Å². The van der Waals surface area contributed by atoms with Crippen LogP contribution in [0.3, 0.4) is 0 Å². The average molecular weight is 380 g/mol. The molecule has 28 heavy (non-hydrogen) atoms. The van der Waals surface area contributed by atoms with Gasteiger partial charge < -0.3 is 10.6 Å². The first-order valence-corrected chi connectivity index (χ1v) is 9.43. The number of fused-ring (bicyclic) bond motifs is 1. The van der Waals surface area contributed by atoms with Crippen LogP contribution in [0.5, 0.6) is 0 Å². The molecule has 2 heterocycles. The monoisotopic (exact) mass is 380 g/mol. The second-order valence-electron chi connectivity index (χ2n) is 6.97. The molecule has 2 amide bonds. The minimum absolute atomic E-state index is 0.0385. The first-order chi connectivity index (χ1) is 13.6. The van der Waals surface area contributed by atoms with E-state index < -0.39 is 5.91 Å². The van der Waals surface area contributed by atoms with Crippen LogP contribution in [0.2, 0.25) is 0 Å². The van der Waals surface area contributed by atoms with Gasteiger partial charge >= 0.3 is 0 Å². The maximum atomic E-state index is 13.8. The van der Waals surface area contributed by atoms with Gasteiger partial charge in [0.15, 0.2) is 5.69 Å². The van der Waals surface area contributed by atoms with Crippen LogP contribution >= 0.6 is 0 Å². The van der Waals surface area contributed by atoms with E-state index in [9.17, 15) is 14.0 Å². The van der Waals surface area contributed by atoms with Crippen LogP contribution in [0.1, 0.15) is 52.4 Å². The van der Waals surface area contributed by atoms with Gasteiger partial charge in [-0.05, 0) is 31.0 Å². The molecule has 2 aromatic heterocycles. The third kappa shape index (κ3) is 3.60. The number of carbonyl (C=O) groups excluding carboxylic acids is 2. The van der Waals surface area contributed by atoms with Crippen LogP contribution in [0.4, 0.5) is 4.39 Å². The van der Waals surface area contributed by atoms with E-state index in [4.69, 9.17) is 0 Å². The number of rotatable bonds is 5. The lowest BCUT2D eigenvalue weighted by Crippen LogP contribution is -2.33. The number of imidazole rings is 1. The van der Waals surface area contributed by atoms with Crippen LogP contribution in [0.15, 0.2) is 48.7 Å². The molecule has 0 unspecified atom stereocenters. The van der Waals surface area contributed by atoms with Crippen molar-refractivity contribution in [3.8, 4) is 0 Å². The lowest BCUT2D eigenvalue weighted by molar-refractivity contribution is 0.0935. The van der Waals surface area contributed by atoms with E-state index in [-0.39, 0.29) is 35.8 Å². The van der Waals surface area contributed by atoms with Gasteiger partial charge in [-0.25, -0.2) is 9.37 Å². The zero-order chi connectivity index (χ0) is 19.5. The predicted molar refractivity (Wildman–Crippen MR) is 102 cm³/mol. The lowest BCUT2D eigenvalue weighted by atomic mass is 10.2. The van der Waals surface area contributed by atoms with Crippen molar-refractivity contribution in [1.82, 2.24) is 20.0 Å². The summed E-state index contributed by atoms with van der Waals surface area (Å²) in [4.78, 5) is 29.7. The molecule has 6 nitrogen and oxygen atoms in total. The Morgan fingerprint density at radius 1 is 1.07 bits per heavy atom. The SMILES string of the molecule is O=C(NC1CCCC1)c1nc(C(=O)NCc2ccccc2F)n2ccccc12. The van der Waals surface area contributed by atoms with E-state index >= 15 is 0 Å². The number of carbonyl (C=O) groups is 2. The number of hydrogen-bond acceptors (Lipinski definition) is 3. The third-order valence-corrected chi connectivity index (χ3v) is 5.05. The Morgan fingerprint density at radius 2 is 1.82 bits per heavy atom. The molecule has 1 aromatic carbocycles. The van der Waals surface area contributed by atoms with Gasteiger partial charge in [0.05, 0.1) is 5.52 Å². The molecule has 7 heteroatoms. The Balaban J connectivity index is 1.57. The van der Waals surface area contributed by atoms with E-state index in [2.05, 4.69) is 15.6 Å². The normalized spacial score (nSPS) is 14.3. The second-order valence-corrected chi connectivity index (χ2v) is 6.97. The summed E-state index contributed by atoms with van der Waals surface area (Å²) in [6.07, 6.45) is 5.84. The van der Waals surface area contributed by atoms with Crippen molar-refractivity contribution in [3.63, 3.8) is 0 Å². The molecule has 1 saturated carbocycles. The highest BCUT2D eigenvalue weighted by Gasteiger charge is 2.24. The Morgan fingerprint density at radius 3 is 2.61 bits per heavy atom. The lowest BCUT2D eigenvalue weighted by Gasteiger charge is -2.10. The van der Waals surface area contributed by atoms with Crippen LogP contribution in [0, 0.1) is 5.82 Å². The Labute approximate surface area is 161 Å². The maximum Gasteiger partial charge on any atom is 0.287 e. The fraction of sp³-hybridized carbons (Fsp3) is 0.286. The van der Waals surface area contributed by atoms with Crippen molar-refractivity contribution >= 4 is 17.3 Å². The van der Waals surface area contributed by atoms with Crippen molar-refractivity contribution in [2.45, 2.75) is 38.3 Å². The molecule has 0 atom stereocenters. The molecule has 1 aliphatic carbocycles. The van der Waals surface area contributed by atoms with Gasteiger partial charge in [-0.15, -0.1) is 0 Å². The molecule has 2 N–H and O–H groups in total.